The van der Waals surface area contributed by atoms with Crippen LogP contribution in [0.5, 0.6) is 0 Å². The third-order valence-corrected chi connectivity index (χ3v) is 5.77. The molecule has 2 aromatic carbocycles. The Bertz CT molecular complexity index is 1050. The summed E-state index contributed by atoms with van der Waals surface area (Å²) in [4.78, 5) is 30.7. The zero-order chi connectivity index (χ0) is 20.2. The van der Waals surface area contributed by atoms with E-state index in [0.29, 0.717) is 28.8 Å². The van der Waals surface area contributed by atoms with Crippen molar-refractivity contribution in [2.75, 3.05) is 22.5 Å². The molecule has 0 radical (unpaired) electrons. The molecule has 4 rings (SSSR count). The molecule has 148 valence electrons. The van der Waals surface area contributed by atoms with E-state index < -0.39 is 0 Å². The Morgan fingerprint density at radius 3 is 2.86 bits per heavy atom. The largest absolute Gasteiger partial charge is 0.324 e. The molecule has 3 aromatic rings. The first-order valence-corrected chi connectivity index (χ1v) is 10.6. The maximum Gasteiger partial charge on any atom is 0.234 e. The summed E-state index contributed by atoms with van der Waals surface area (Å²) in [5.41, 5.74) is 2.27. The molecule has 2 amide bonds. The van der Waals surface area contributed by atoms with Crippen LogP contribution in [-0.2, 0) is 9.59 Å². The van der Waals surface area contributed by atoms with Gasteiger partial charge in [0, 0.05) is 36.1 Å². The molecule has 0 spiro atoms. The highest BCUT2D eigenvalue weighted by molar-refractivity contribution is 7.99. The van der Waals surface area contributed by atoms with Crippen molar-refractivity contribution in [2.24, 2.45) is 0 Å². The van der Waals surface area contributed by atoms with Crippen molar-refractivity contribution in [3.8, 4) is 5.69 Å². The second-order valence-electron chi connectivity index (χ2n) is 6.56. The van der Waals surface area contributed by atoms with Gasteiger partial charge in [-0.3, -0.25) is 14.2 Å². The number of halogens is 1. The molecule has 1 fully saturated rings. The molecule has 1 N–H and O–H groups in total. The fraction of sp³-hybridized carbons (Fsp3) is 0.190. The van der Waals surface area contributed by atoms with Gasteiger partial charge in [-0.05, 0) is 36.8 Å². The third kappa shape index (κ3) is 4.46. The average molecular weight is 427 g/mol. The number of anilines is 2. The van der Waals surface area contributed by atoms with Crippen molar-refractivity contribution in [2.45, 2.75) is 18.0 Å². The number of rotatable bonds is 6. The van der Waals surface area contributed by atoms with E-state index >= 15 is 0 Å². The molecule has 1 aromatic heterocycles. The second-order valence-corrected chi connectivity index (χ2v) is 7.94. The molecule has 29 heavy (non-hydrogen) atoms. The van der Waals surface area contributed by atoms with Crippen LogP contribution in [-0.4, -0.2) is 33.7 Å². The van der Waals surface area contributed by atoms with Gasteiger partial charge in [0.2, 0.25) is 11.8 Å². The lowest BCUT2D eigenvalue weighted by Crippen LogP contribution is -2.26. The Balaban J connectivity index is 1.44. The van der Waals surface area contributed by atoms with Crippen LogP contribution < -0.4 is 10.2 Å². The van der Waals surface area contributed by atoms with E-state index in [4.69, 9.17) is 11.6 Å². The minimum atomic E-state index is -0.158. The molecule has 6 nitrogen and oxygen atoms in total. The Kier molecular flexibility index (Phi) is 5.87. The number of aromatic nitrogens is 2. The fourth-order valence-corrected chi connectivity index (χ4v) is 4.21. The summed E-state index contributed by atoms with van der Waals surface area (Å²) in [6.45, 7) is 0.678. The van der Waals surface area contributed by atoms with Crippen molar-refractivity contribution < 1.29 is 9.59 Å². The number of nitrogens with one attached hydrogen (secondary N) is 1. The number of benzene rings is 2. The lowest BCUT2D eigenvalue weighted by molar-refractivity contribution is -0.117. The topological polar surface area (TPSA) is 67.2 Å². The average Bonchev–Trinajstić information content (AvgIpc) is 3.36. The van der Waals surface area contributed by atoms with E-state index in [1.165, 1.54) is 11.8 Å². The highest BCUT2D eigenvalue weighted by Gasteiger charge is 2.24. The quantitative estimate of drug-likeness (QED) is 0.594. The number of carbonyl (C=O) groups excluding carboxylic acids is 2. The van der Waals surface area contributed by atoms with Gasteiger partial charge in [-0.1, -0.05) is 41.6 Å². The van der Waals surface area contributed by atoms with Crippen molar-refractivity contribution >= 4 is 46.6 Å². The summed E-state index contributed by atoms with van der Waals surface area (Å²) < 4.78 is 1.89. The van der Waals surface area contributed by atoms with E-state index in [0.717, 1.165) is 17.8 Å². The van der Waals surface area contributed by atoms with Crippen molar-refractivity contribution in [3.63, 3.8) is 0 Å². The number of carbonyl (C=O) groups is 2. The number of hydrogen-bond acceptors (Lipinski definition) is 4. The molecule has 0 bridgehead atoms. The zero-order valence-corrected chi connectivity index (χ0v) is 17.1. The normalized spacial score (nSPS) is 13.7. The third-order valence-electron chi connectivity index (χ3n) is 4.57. The van der Waals surface area contributed by atoms with Crippen molar-refractivity contribution in [1.29, 1.82) is 0 Å². The standard InChI is InChI=1S/C21H19ClN4O2S/c22-15-5-3-6-16(13-15)25-12-10-23-21(25)29-14-19(27)24-17-7-1-2-8-18(17)26-11-4-9-20(26)28/h1-3,5-8,10,12-13H,4,9,11,14H2,(H,24,27). The van der Waals surface area contributed by atoms with Gasteiger partial charge < -0.3 is 10.2 Å². The van der Waals surface area contributed by atoms with Crippen LogP contribution in [0.3, 0.4) is 0 Å². The second kappa shape index (κ2) is 8.71. The smallest absolute Gasteiger partial charge is 0.234 e. The fourth-order valence-electron chi connectivity index (χ4n) is 3.25. The Hall–Kier alpha value is -2.77. The Morgan fingerprint density at radius 1 is 1.21 bits per heavy atom. The van der Waals surface area contributed by atoms with Gasteiger partial charge in [0.15, 0.2) is 5.16 Å². The number of hydrogen-bond donors (Lipinski definition) is 1. The lowest BCUT2D eigenvalue weighted by Gasteiger charge is -2.19. The first kappa shape index (κ1) is 19.5. The van der Waals surface area contributed by atoms with E-state index in [2.05, 4.69) is 10.3 Å². The van der Waals surface area contributed by atoms with E-state index in [9.17, 15) is 9.59 Å². The predicted molar refractivity (Wildman–Crippen MR) is 116 cm³/mol. The molecule has 1 aliphatic rings. The van der Waals surface area contributed by atoms with Crippen LogP contribution in [0.25, 0.3) is 5.69 Å². The molecular formula is C21H19ClN4O2S. The summed E-state index contributed by atoms with van der Waals surface area (Å²) >= 11 is 7.41. The number of para-hydroxylation sites is 2. The molecule has 0 unspecified atom stereocenters. The van der Waals surface area contributed by atoms with Gasteiger partial charge in [-0.2, -0.15) is 0 Å². The predicted octanol–water partition coefficient (Wildman–Crippen LogP) is 4.38. The lowest BCUT2D eigenvalue weighted by atomic mass is 10.2. The molecule has 1 saturated heterocycles. The Morgan fingerprint density at radius 2 is 2.07 bits per heavy atom. The van der Waals surface area contributed by atoms with Gasteiger partial charge in [0.25, 0.3) is 0 Å². The molecule has 0 saturated carbocycles. The first-order valence-electron chi connectivity index (χ1n) is 9.23. The van der Waals surface area contributed by atoms with Gasteiger partial charge in [-0.25, -0.2) is 4.98 Å². The minimum Gasteiger partial charge on any atom is -0.324 e. The van der Waals surface area contributed by atoms with E-state index in [1.807, 2.05) is 59.3 Å². The number of thioether (sulfide) groups is 1. The van der Waals surface area contributed by atoms with Crippen LogP contribution >= 0.6 is 23.4 Å². The molecule has 0 aliphatic carbocycles. The van der Waals surface area contributed by atoms with E-state index in [1.54, 1.807) is 11.1 Å². The van der Waals surface area contributed by atoms with Crippen LogP contribution in [0.1, 0.15) is 12.8 Å². The molecule has 1 aliphatic heterocycles. The summed E-state index contributed by atoms with van der Waals surface area (Å²) in [5.74, 6) is 0.124. The Labute approximate surface area is 177 Å². The van der Waals surface area contributed by atoms with Crippen LogP contribution in [0, 0.1) is 0 Å². The maximum atomic E-state index is 12.6. The van der Waals surface area contributed by atoms with Gasteiger partial charge in [0.1, 0.15) is 0 Å². The number of nitrogens with zero attached hydrogens (tertiary/aromatic N) is 3. The van der Waals surface area contributed by atoms with Gasteiger partial charge in [0.05, 0.1) is 17.1 Å². The minimum absolute atomic E-state index is 0.0876. The molecule has 8 heteroatoms. The summed E-state index contributed by atoms with van der Waals surface area (Å²) in [7, 11) is 0. The molecule has 0 atom stereocenters. The highest BCUT2D eigenvalue weighted by Crippen LogP contribution is 2.30. The first-order chi connectivity index (χ1) is 14.1. The maximum absolute atomic E-state index is 12.6. The van der Waals surface area contributed by atoms with Crippen LogP contribution in [0.2, 0.25) is 5.02 Å². The summed E-state index contributed by atoms with van der Waals surface area (Å²) in [5, 5.41) is 4.26. The van der Waals surface area contributed by atoms with Gasteiger partial charge >= 0.3 is 0 Å². The molecule has 2 heterocycles. The highest BCUT2D eigenvalue weighted by atomic mass is 35.5. The number of amides is 2. The summed E-state index contributed by atoms with van der Waals surface area (Å²) in [6.07, 6.45) is 4.91. The number of imidazole rings is 1. The zero-order valence-electron chi connectivity index (χ0n) is 15.5. The van der Waals surface area contributed by atoms with Crippen molar-refractivity contribution in [3.05, 3.63) is 65.9 Å². The monoisotopic (exact) mass is 426 g/mol. The SMILES string of the molecule is O=C(CSc1nccn1-c1cccc(Cl)c1)Nc1ccccc1N1CCCC1=O. The van der Waals surface area contributed by atoms with Crippen molar-refractivity contribution in [1.82, 2.24) is 9.55 Å². The van der Waals surface area contributed by atoms with Gasteiger partial charge in [-0.15, -0.1) is 0 Å². The van der Waals surface area contributed by atoms with E-state index in [-0.39, 0.29) is 17.6 Å². The summed E-state index contributed by atoms with van der Waals surface area (Å²) in [6, 6.07) is 14.8. The van der Waals surface area contributed by atoms with Crippen LogP contribution in [0.15, 0.2) is 66.1 Å². The van der Waals surface area contributed by atoms with Crippen LogP contribution in [0.4, 0.5) is 11.4 Å². The molecular weight excluding hydrogens is 408 g/mol.